The molecule has 0 radical (unpaired) electrons. The Labute approximate surface area is 73.6 Å². The molecule has 72 valence electrons. The molecule has 1 aliphatic rings. The number of nitrogens with one attached hydrogen (secondary N) is 1. The molecule has 0 saturated heterocycles. The summed E-state index contributed by atoms with van der Waals surface area (Å²) >= 11 is 0. The third kappa shape index (κ3) is 2.73. The van der Waals surface area contributed by atoms with Crippen molar-refractivity contribution in [3.8, 4) is 0 Å². The van der Waals surface area contributed by atoms with Gasteiger partial charge in [0.2, 0.25) is 10.0 Å². The van der Waals surface area contributed by atoms with E-state index in [0.717, 1.165) is 19.3 Å². The maximum absolute atomic E-state index is 10.9. The van der Waals surface area contributed by atoms with Crippen LogP contribution < -0.4 is 10.5 Å². The molecule has 0 unspecified atom stereocenters. The lowest BCUT2D eigenvalue weighted by Gasteiger charge is -2.17. The van der Waals surface area contributed by atoms with Crippen molar-refractivity contribution in [2.24, 2.45) is 11.7 Å². The summed E-state index contributed by atoms with van der Waals surface area (Å²) in [7, 11) is -3.06. The molecule has 1 aliphatic carbocycles. The minimum absolute atomic E-state index is 0.0741. The van der Waals surface area contributed by atoms with Crippen molar-refractivity contribution >= 4 is 10.0 Å². The second-order valence-electron chi connectivity index (χ2n) is 3.42. The topological polar surface area (TPSA) is 72.2 Å². The molecule has 1 saturated carbocycles. The Hall–Kier alpha value is -0.130. The molecule has 2 atom stereocenters. The van der Waals surface area contributed by atoms with Crippen molar-refractivity contribution in [1.29, 1.82) is 0 Å². The normalized spacial score (nSPS) is 30.8. The van der Waals surface area contributed by atoms with E-state index < -0.39 is 10.0 Å². The lowest BCUT2D eigenvalue weighted by atomic mass is 10.1. The average molecular weight is 192 g/mol. The zero-order chi connectivity index (χ0) is 9.19. The number of rotatable bonds is 3. The van der Waals surface area contributed by atoms with Crippen LogP contribution in [-0.2, 0) is 10.0 Å². The van der Waals surface area contributed by atoms with Crippen LogP contribution in [0.5, 0.6) is 0 Å². The van der Waals surface area contributed by atoms with E-state index in [1.165, 1.54) is 6.26 Å². The van der Waals surface area contributed by atoms with Crippen molar-refractivity contribution in [1.82, 2.24) is 4.72 Å². The fourth-order valence-electron chi connectivity index (χ4n) is 1.75. The summed E-state index contributed by atoms with van der Waals surface area (Å²) in [6.07, 6.45) is 4.24. The predicted octanol–water partition coefficient (Wildman–Crippen LogP) is -0.337. The van der Waals surface area contributed by atoms with Gasteiger partial charge in [-0.15, -0.1) is 0 Å². The third-order valence-electron chi connectivity index (χ3n) is 2.33. The van der Waals surface area contributed by atoms with Gasteiger partial charge in [-0.05, 0) is 25.3 Å². The maximum atomic E-state index is 10.9. The summed E-state index contributed by atoms with van der Waals surface area (Å²) in [4.78, 5) is 0. The van der Waals surface area contributed by atoms with Crippen LogP contribution in [0.25, 0.3) is 0 Å². The summed E-state index contributed by atoms with van der Waals surface area (Å²) in [5, 5.41) is 0. The van der Waals surface area contributed by atoms with Crippen LogP contribution in [-0.4, -0.2) is 27.3 Å². The average Bonchev–Trinajstić information content (AvgIpc) is 2.31. The Balaban J connectivity index is 2.52. The van der Waals surface area contributed by atoms with E-state index in [-0.39, 0.29) is 6.04 Å². The lowest BCUT2D eigenvalue weighted by molar-refractivity contribution is 0.454. The van der Waals surface area contributed by atoms with Crippen LogP contribution in [0.4, 0.5) is 0 Å². The number of sulfonamides is 1. The van der Waals surface area contributed by atoms with Crippen LogP contribution in [0, 0.1) is 5.92 Å². The first kappa shape index (κ1) is 9.95. The molecule has 12 heavy (non-hydrogen) atoms. The van der Waals surface area contributed by atoms with E-state index in [4.69, 9.17) is 5.73 Å². The van der Waals surface area contributed by atoms with Crippen LogP contribution in [0.1, 0.15) is 19.3 Å². The summed E-state index contributed by atoms with van der Waals surface area (Å²) in [5.74, 6) is 0.333. The van der Waals surface area contributed by atoms with Crippen molar-refractivity contribution in [2.45, 2.75) is 25.3 Å². The standard InChI is InChI=1S/C7H16N2O2S/c1-12(10,11)9-7-4-2-3-6(7)5-8/h6-7,9H,2-5,8H2,1H3/t6-,7+/m1/s1. The molecule has 0 aromatic rings. The van der Waals surface area contributed by atoms with E-state index in [1.54, 1.807) is 0 Å². The molecule has 0 aromatic carbocycles. The van der Waals surface area contributed by atoms with E-state index in [2.05, 4.69) is 4.72 Å². The van der Waals surface area contributed by atoms with Gasteiger partial charge in [0, 0.05) is 6.04 Å². The number of hydrogen-bond donors (Lipinski definition) is 2. The minimum atomic E-state index is -3.06. The van der Waals surface area contributed by atoms with Gasteiger partial charge in [-0.25, -0.2) is 13.1 Å². The van der Waals surface area contributed by atoms with Gasteiger partial charge in [0.1, 0.15) is 0 Å². The molecule has 0 heterocycles. The molecule has 3 N–H and O–H groups in total. The summed E-state index contributed by atoms with van der Waals surface area (Å²) in [6, 6.07) is 0.0741. The molecular formula is C7H16N2O2S. The fraction of sp³-hybridized carbons (Fsp3) is 1.00. The van der Waals surface area contributed by atoms with Gasteiger partial charge in [-0.3, -0.25) is 0 Å². The first-order valence-corrected chi connectivity index (χ1v) is 6.09. The highest BCUT2D eigenvalue weighted by atomic mass is 32.2. The highest BCUT2D eigenvalue weighted by molar-refractivity contribution is 7.88. The fourth-order valence-corrected chi connectivity index (χ4v) is 2.61. The molecule has 1 rings (SSSR count). The van der Waals surface area contributed by atoms with E-state index >= 15 is 0 Å². The molecule has 4 nitrogen and oxygen atoms in total. The largest absolute Gasteiger partial charge is 0.330 e. The minimum Gasteiger partial charge on any atom is -0.330 e. The number of nitrogens with two attached hydrogens (primary N) is 1. The van der Waals surface area contributed by atoms with Gasteiger partial charge in [0.25, 0.3) is 0 Å². The molecule has 0 aromatic heterocycles. The molecule has 0 aliphatic heterocycles. The smallest absolute Gasteiger partial charge is 0.208 e. The Bertz CT molecular complexity index is 238. The predicted molar refractivity (Wildman–Crippen MR) is 48.2 cm³/mol. The summed E-state index contributed by atoms with van der Waals surface area (Å²) in [6.45, 7) is 0.577. The lowest BCUT2D eigenvalue weighted by Crippen LogP contribution is -2.39. The third-order valence-corrected chi connectivity index (χ3v) is 3.06. The zero-order valence-electron chi connectivity index (χ0n) is 7.29. The van der Waals surface area contributed by atoms with Gasteiger partial charge in [0.15, 0.2) is 0 Å². The van der Waals surface area contributed by atoms with E-state index in [9.17, 15) is 8.42 Å². The van der Waals surface area contributed by atoms with Gasteiger partial charge in [0.05, 0.1) is 6.26 Å². The van der Waals surface area contributed by atoms with Gasteiger partial charge in [-0.1, -0.05) is 6.42 Å². The van der Waals surface area contributed by atoms with Crippen molar-refractivity contribution in [3.05, 3.63) is 0 Å². The molecule has 0 bridgehead atoms. The molecule has 5 heteroatoms. The quantitative estimate of drug-likeness (QED) is 0.642. The summed E-state index contributed by atoms with van der Waals surface area (Å²) in [5.41, 5.74) is 5.51. The first-order chi connectivity index (χ1) is 5.53. The van der Waals surface area contributed by atoms with Crippen molar-refractivity contribution in [3.63, 3.8) is 0 Å². The monoisotopic (exact) mass is 192 g/mol. The second-order valence-corrected chi connectivity index (χ2v) is 5.20. The van der Waals surface area contributed by atoms with Crippen LogP contribution in [0.2, 0.25) is 0 Å². The maximum Gasteiger partial charge on any atom is 0.208 e. The van der Waals surface area contributed by atoms with Crippen molar-refractivity contribution in [2.75, 3.05) is 12.8 Å². The van der Waals surface area contributed by atoms with Crippen LogP contribution >= 0.6 is 0 Å². The van der Waals surface area contributed by atoms with E-state index in [0.29, 0.717) is 12.5 Å². The Morgan fingerprint density at radius 1 is 1.50 bits per heavy atom. The second kappa shape index (κ2) is 3.72. The Morgan fingerprint density at radius 3 is 2.67 bits per heavy atom. The highest BCUT2D eigenvalue weighted by Crippen LogP contribution is 2.24. The molecule has 0 spiro atoms. The number of hydrogen-bond acceptors (Lipinski definition) is 3. The molecule has 0 amide bonds. The van der Waals surface area contributed by atoms with Gasteiger partial charge < -0.3 is 5.73 Å². The van der Waals surface area contributed by atoms with E-state index in [1.807, 2.05) is 0 Å². The SMILES string of the molecule is CS(=O)(=O)N[C@H]1CCC[C@@H]1CN. The van der Waals surface area contributed by atoms with Crippen molar-refractivity contribution < 1.29 is 8.42 Å². The Morgan fingerprint density at radius 2 is 2.17 bits per heavy atom. The zero-order valence-corrected chi connectivity index (χ0v) is 8.10. The first-order valence-electron chi connectivity index (χ1n) is 4.20. The van der Waals surface area contributed by atoms with Crippen LogP contribution in [0.15, 0.2) is 0 Å². The molecule has 1 fully saturated rings. The van der Waals surface area contributed by atoms with Gasteiger partial charge in [-0.2, -0.15) is 0 Å². The van der Waals surface area contributed by atoms with Crippen LogP contribution in [0.3, 0.4) is 0 Å². The Kier molecular flexibility index (Phi) is 3.09. The van der Waals surface area contributed by atoms with Gasteiger partial charge >= 0.3 is 0 Å². The highest BCUT2D eigenvalue weighted by Gasteiger charge is 2.27. The molecular weight excluding hydrogens is 176 g/mol. The summed E-state index contributed by atoms with van der Waals surface area (Å²) < 4.78 is 24.4.